The van der Waals surface area contributed by atoms with Crippen molar-refractivity contribution < 1.29 is 24.3 Å². The maximum absolute atomic E-state index is 13.7. The van der Waals surface area contributed by atoms with Crippen LogP contribution in [0.25, 0.3) is 5.57 Å². The Labute approximate surface area is 244 Å². The number of phenolic OH excluding ortho intramolecular Hbond substituents is 1. The zero-order valence-corrected chi connectivity index (χ0v) is 25.4. The van der Waals surface area contributed by atoms with Crippen LogP contribution in [-0.4, -0.2) is 28.2 Å². The number of benzene rings is 2. The van der Waals surface area contributed by atoms with Crippen molar-refractivity contribution in [3.63, 3.8) is 0 Å². The molecule has 5 nitrogen and oxygen atoms in total. The van der Waals surface area contributed by atoms with Gasteiger partial charge >= 0.3 is 0 Å². The minimum absolute atomic E-state index is 0.0515. The lowest BCUT2D eigenvalue weighted by Gasteiger charge is -2.28. The van der Waals surface area contributed by atoms with Gasteiger partial charge in [-0.25, -0.2) is 0 Å². The number of carbonyl (C=O) groups is 4. The fraction of sp³-hybridized carbons (Fsp3) is 0.500. The van der Waals surface area contributed by atoms with E-state index in [1.165, 1.54) is 17.2 Å². The Balaban J connectivity index is 1.55. The van der Waals surface area contributed by atoms with Crippen LogP contribution in [0.5, 0.6) is 5.75 Å². The van der Waals surface area contributed by atoms with Crippen LogP contribution >= 0.6 is 0 Å². The van der Waals surface area contributed by atoms with Crippen molar-refractivity contribution in [1.29, 1.82) is 0 Å². The van der Waals surface area contributed by atoms with E-state index in [4.69, 9.17) is 0 Å². The summed E-state index contributed by atoms with van der Waals surface area (Å²) in [6.45, 7) is 11.4. The third-order valence-electron chi connectivity index (χ3n) is 8.52. The van der Waals surface area contributed by atoms with Gasteiger partial charge in [-0.2, -0.15) is 0 Å². The van der Waals surface area contributed by atoms with Gasteiger partial charge in [0.05, 0.1) is 5.56 Å². The molecule has 0 aromatic heterocycles. The Morgan fingerprint density at radius 2 is 1.59 bits per heavy atom. The highest BCUT2D eigenvalue weighted by Gasteiger charge is 2.36. The second-order valence-electron chi connectivity index (χ2n) is 13.7. The quantitative estimate of drug-likeness (QED) is 0.240. The van der Waals surface area contributed by atoms with Gasteiger partial charge in [0.1, 0.15) is 11.5 Å². The number of ketones is 4. The summed E-state index contributed by atoms with van der Waals surface area (Å²) in [4.78, 5) is 52.5. The van der Waals surface area contributed by atoms with Gasteiger partial charge in [-0.15, -0.1) is 0 Å². The summed E-state index contributed by atoms with van der Waals surface area (Å²) in [6.07, 6.45) is 6.65. The van der Waals surface area contributed by atoms with Crippen LogP contribution in [0.1, 0.15) is 112 Å². The molecule has 1 fully saturated rings. The molecule has 41 heavy (non-hydrogen) atoms. The number of aryl methyl sites for hydroxylation is 1. The molecule has 0 saturated heterocycles. The molecule has 2 aromatic carbocycles. The molecule has 2 aliphatic rings. The summed E-state index contributed by atoms with van der Waals surface area (Å²) in [5.74, 6) is -1.86. The molecular weight excluding hydrogens is 512 g/mol. The molecule has 218 valence electrons. The summed E-state index contributed by atoms with van der Waals surface area (Å²) in [6, 6.07) is 11.8. The van der Waals surface area contributed by atoms with Crippen LogP contribution in [0.4, 0.5) is 0 Å². The van der Waals surface area contributed by atoms with Crippen molar-refractivity contribution in [2.75, 3.05) is 0 Å². The van der Waals surface area contributed by atoms with Crippen molar-refractivity contribution in [3.8, 4) is 5.75 Å². The number of carbonyl (C=O) groups excluding carboxylic acids is 4. The SMILES string of the molecule is Cc1ccc(CC2CCC(C(=O)c3cc4c(cc3O)C(CC(=O)CC(C)(C)C)C=C4C(=O)C(=O)C(C)C)CC2)cc1. The molecule has 2 aliphatic carbocycles. The molecule has 0 bridgehead atoms. The molecule has 1 unspecified atom stereocenters. The lowest BCUT2D eigenvalue weighted by atomic mass is 9.76. The van der Waals surface area contributed by atoms with Crippen LogP contribution in [0.15, 0.2) is 42.5 Å². The largest absolute Gasteiger partial charge is 0.507 e. The van der Waals surface area contributed by atoms with E-state index in [0.29, 0.717) is 23.5 Å². The van der Waals surface area contributed by atoms with Crippen LogP contribution < -0.4 is 0 Å². The van der Waals surface area contributed by atoms with Gasteiger partial charge in [0.25, 0.3) is 0 Å². The molecule has 1 saturated carbocycles. The molecule has 0 aliphatic heterocycles. The van der Waals surface area contributed by atoms with Crippen LogP contribution in [0, 0.1) is 30.1 Å². The molecule has 5 heteroatoms. The predicted molar refractivity (Wildman–Crippen MR) is 162 cm³/mol. The summed E-state index contributed by atoms with van der Waals surface area (Å²) in [7, 11) is 0. The topological polar surface area (TPSA) is 88.5 Å². The molecule has 2 aromatic rings. The summed E-state index contributed by atoms with van der Waals surface area (Å²) < 4.78 is 0. The molecule has 0 heterocycles. The van der Waals surface area contributed by atoms with Gasteiger partial charge in [-0.05, 0) is 79.2 Å². The lowest BCUT2D eigenvalue weighted by molar-refractivity contribution is -0.135. The van der Waals surface area contributed by atoms with E-state index in [9.17, 15) is 24.3 Å². The van der Waals surface area contributed by atoms with Crippen LogP contribution in [-0.2, 0) is 20.8 Å². The summed E-state index contributed by atoms with van der Waals surface area (Å²) in [5, 5.41) is 11.0. The average Bonchev–Trinajstić information content (AvgIpc) is 3.24. The highest BCUT2D eigenvalue weighted by Crippen LogP contribution is 2.44. The summed E-state index contributed by atoms with van der Waals surface area (Å²) in [5.41, 5.74) is 3.94. The molecule has 0 spiro atoms. The third kappa shape index (κ3) is 7.30. The highest BCUT2D eigenvalue weighted by atomic mass is 16.3. The van der Waals surface area contributed by atoms with Gasteiger partial charge in [-0.1, -0.05) is 70.5 Å². The molecule has 0 radical (unpaired) electrons. The number of aromatic hydroxyl groups is 1. The number of rotatable bonds is 10. The fourth-order valence-corrected chi connectivity index (χ4v) is 6.30. The predicted octanol–water partition coefficient (Wildman–Crippen LogP) is 7.60. The van der Waals surface area contributed by atoms with Gasteiger partial charge < -0.3 is 5.11 Å². The molecule has 1 atom stereocenters. The van der Waals surface area contributed by atoms with E-state index in [-0.39, 0.29) is 46.2 Å². The maximum atomic E-state index is 13.7. The first-order valence-electron chi connectivity index (χ1n) is 15.0. The minimum atomic E-state index is -0.604. The highest BCUT2D eigenvalue weighted by molar-refractivity contribution is 6.54. The zero-order chi connectivity index (χ0) is 30.1. The fourth-order valence-electron chi connectivity index (χ4n) is 6.30. The second kappa shape index (κ2) is 12.3. The van der Waals surface area contributed by atoms with Crippen molar-refractivity contribution in [1.82, 2.24) is 0 Å². The van der Waals surface area contributed by atoms with E-state index >= 15 is 0 Å². The van der Waals surface area contributed by atoms with Crippen molar-refractivity contribution >= 4 is 28.7 Å². The van der Waals surface area contributed by atoms with E-state index in [1.54, 1.807) is 26.0 Å². The summed E-state index contributed by atoms with van der Waals surface area (Å²) >= 11 is 0. The van der Waals surface area contributed by atoms with Gasteiger partial charge in [-0.3, -0.25) is 19.2 Å². The molecular formula is C36H44O5. The Kier molecular flexibility index (Phi) is 9.16. The monoisotopic (exact) mass is 556 g/mol. The molecule has 4 rings (SSSR count). The third-order valence-corrected chi connectivity index (χ3v) is 8.52. The Morgan fingerprint density at radius 1 is 0.951 bits per heavy atom. The standard InChI is InChI=1S/C36H44O5/c1-21(2)33(39)35(41)30-17-26(16-27(37)20-36(4,5)6)28-19-32(38)31(18-29(28)30)34(40)25-13-11-24(12-14-25)15-23-9-7-22(3)8-10-23/h7-10,17-19,21,24-26,38H,11-16,20H2,1-6H3. The first-order valence-corrected chi connectivity index (χ1v) is 15.0. The Morgan fingerprint density at radius 3 is 2.17 bits per heavy atom. The lowest BCUT2D eigenvalue weighted by Crippen LogP contribution is -2.23. The van der Waals surface area contributed by atoms with Crippen molar-refractivity contribution in [2.45, 2.75) is 92.4 Å². The molecule has 0 amide bonds. The average molecular weight is 557 g/mol. The van der Waals surface area contributed by atoms with E-state index in [0.717, 1.165) is 32.1 Å². The minimum Gasteiger partial charge on any atom is -0.507 e. The second-order valence-corrected chi connectivity index (χ2v) is 13.7. The van der Waals surface area contributed by atoms with Crippen LogP contribution in [0.2, 0.25) is 0 Å². The first-order chi connectivity index (χ1) is 19.2. The molecule has 1 N–H and O–H groups in total. The van der Waals surface area contributed by atoms with E-state index in [2.05, 4.69) is 31.2 Å². The van der Waals surface area contributed by atoms with Gasteiger partial charge in [0.15, 0.2) is 5.78 Å². The Bertz CT molecular complexity index is 1360. The van der Waals surface area contributed by atoms with Crippen LogP contribution in [0.3, 0.4) is 0 Å². The number of allylic oxidation sites excluding steroid dienone is 2. The van der Waals surface area contributed by atoms with Gasteiger partial charge in [0, 0.05) is 36.2 Å². The van der Waals surface area contributed by atoms with Crippen molar-refractivity contribution in [2.24, 2.45) is 23.2 Å². The number of hydrogen-bond donors (Lipinski definition) is 1. The number of phenols is 1. The zero-order valence-electron chi connectivity index (χ0n) is 25.4. The van der Waals surface area contributed by atoms with E-state index < -0.39 is 23.4 Å². The Hall–Kier alpha value is -3.34. The smallest absolute Gasteiger partial charge is 0.229 e. The number of fused-ring (bicyclic) bond motifs is 1. The number of Topliss-reactive ketones (excluding diaryl/α,β-unsaturated/α-hetero) is 4. The normalized spacial score (nSPS) is 20.5. The van der Waals surface area contributed by atoms with Crippen molar-refractivity contribution in [3.05, 3.63) is 70.3 Å². The first kappa shape index (κ1) is 30.6. The number of hydrogen-bond acceptors (Lipinski definition) is 5. The van der Waals surface area contributed by atoms with Gasteiger partial charge in [0.2, 0.25) is 11.6 Å². The van der Waals surface area contributed by atoms with E-state index in [1.807, 2.05) is 20.8 Å². The maximum Gasteiger partial charge on any atom is 0.229 e.